The smallest absolute Gasteiger partial charge is 0.113 e. The van der Waals surface area contributed by atoms with Crippen LogP contribution in [0.5, 0.6) is 0 Å². The molecule has 1 N–H and O–H groups in total. The number of halogens is 1. The van der Waals surface area contributed by atoms with Gasteiger partial charge in [0.2, 0.25) is 0 Å². The van der Waals surface area contributed by atoms with Crippen LogP contribution in [0.15, 0.2) is 0 Å². The molecular weight excluding hydrogens is 157 g/mol. The largest absolute Gasteiger partial charge is 0.392 e. The Morgan fingerprint density at radius 1 is 1.33 bits per heavy atom. The average molecular weight is 175 g/mol. The first-order chi connectivity index (χ1) is 5.59. The van der Waals surface area contributed by atoms with Gasteiger partial charge in [-0.05, 0) is 26.7 Å². The van der Waals surface area contributed by atoms with Crippen molar-refractivity contribution >= 4 is 0 Å². The van der Waals surface area contributed by atoms with Crippen LogP contribution in [0.25, 0.3) is 0 Å². The maximum atomic E-state index is 13.1. The molecule has 72 valence electrons. The highest BCUT2D eigenvalue weighted by Crippen LogP contribution is 2.15. The molecule has 1 aliphatic heterocycles. The van der Waals surface area contributed by atoms with Gasteiger partial charge in [-0.25, -0.2) is 4.39 Å². The second-order valence-corrected chi connectivity index (χ2v) is 3.88. The predicted octanol–water partition coefficient (Wildman–Crippen LogP) is 1.19. The fraction of sp³-hybridized carbons (Fsp3) is 1.00. The molecule has 2 atom stereocenters. The Morgan fingerprint density at radius 3 is 2.58 bits per heavy atom. The lowest BCUT2D eigenvalue weighted by atomic mass is 10.2. The normalized spacial score (nSPS) is 33.8. The van der Waals surface area contributed by atoms with Gasteiger partial charge in [-0.2, -0.15) is 0 Å². The molecule has 2 nitrogen and oxygen atoms in total. The van der Waals surface area contributed by atoms with E-state index in [9.17, 15) is 9.50 Å². The van der Waals surface area contributed by atoms with Crippen LogP contribution in [0.3, 0.4) is 0 Å². The third-order valence-electron chi connectivity index (χ3n) is 2.42. The van der Waals surface area contributed by atoms with E-state index in [1.165, 1.54) is 0 Å². The lowest BCUT2D eigenvalue weighted by molar-refractivity contribution is 0.102. The van der Waals surface area contributed by atoms with Crippen molar-refractivity contribution in [1.82, 2.24) is 4.90 Å². The standard InChI is InChI=1S/C9H18FNO/c1-7(2)11-5-8(10)3-4-9(12)6-11/h7-9,12H,3-6H2,1-2H3. The predicted molar refractivity (Wildman–Crippen MR) is 46.8 cm³/mol. The minimum Gasteiger partial charge on any atom is -0.392 e. The highest BCUT2D eigenvalue weighted by atomic mass is 19.1. The molecule has 1 heterocycles. The van der Waals surface area contributed by atoms with Gasteiger partial charge in [0.15, 0.2) is 0 Å². The quantitative estimate of drug-likeness (QED) is 0.647. The number of aliphatic hydroxyl groups excluding tert-OH is 1. The number of hydrogen-bond donors (Lipinski definition) is 1. The number of rotatable bonds is 1. The van der Waals surface area contributed by atoms with Crippen molar-refractivity contribution in [3.8, 4) is 0 Å². The number of hydrogen-bond acceptors (Lipinski definition) is 2. The molecule has 0 radical (unpaired) electrons. The Morgan fingerprint density at radius 2 is 2.00 bits per heavy atom. The zero-order chi connectivity index (χ0) is 9.14. The first-order valence-electron chi connectivity index (χ1n) is 4.65. The summed E-state index contributed by atoms with van der Waals surface area (Å²) in [6.45, 7) is 5.17. The van der Waals surface area contributed by atoms with Crippen LogP contribution in [0, 0.1) is 0 Å². The third kappa shape index (κ3) is 2.72. The van der Waals surface area contributed by atoms with Crippen molar-refractivity contribution in [1.29, 1.82) is 0 Å². The fourth-order valence-corrected chi connectivity index (χ4v) is 1.58. The van der Waals surface area contributed by atoms with Gasteiger partial charge in [0.05, 0.1) is 6.10 Å². The van der Waals surface area contributed by atoms with Crippen LogP contribution in [0.1, 0.15) is 26.7 Å². The van der Waals surface area contributed by atoms with Crippen molar-refractivity contribution in [3.63, 3.8) is 0 Å². The number of β-amino-alcohol motifs (C(OH)–C–C–N with tert-alkyl or cyclic N) is 1. The molecule has 0 amide bonds. The van der Waals surface area contributed by atoms with Crippen molar-refractivity contribution in [3.05, 3.63) is 0 Å². The molecule has 0 bridgehead atoms. The van der Waals surface area contributed by atoms with Gasteiger partial charge in [-0.1, -0.05) is 0 Å². The first kappa shape index (κ1) is 9.93. The van der Waals surface area contributed by atoms with Crippen molar-refractivity contribution in [2.24, 2.45) is 0 Å². The molecule has 12 heavy (non-hydrogen) atoms. The highest BCUT2D eigenvalue weighted by molar-refractivity contribution is 4.77. The van der Waals surface area contributed by atoms with E-state index in [-0.39, 0.29) is 6.10 Å². The van der Waals surface area contributed by atoms with Crippen LogP contribution in [-0.4, -0.2) is 41.4 Å². The second kappa shape index (κ2) is 4.19. The van der Waals surface area contributed by atoms with E-state index < -0.39 is 6.17 Å². The topological polar surface area (TPSA) is 23.5 Å². The maximum absolute atomic E-state index is 13.1. The van der Waals surface area contributed by atoms with Gasteiger partial charge in [-0.3, -0.25) is 4.90 Å². The van der Waals surface area contributed by atoms with E-state index in [2.05, 4.69) is 0 Å². The number of alkyl halides is 1. The van der Waals surface area contributed by atoms with E-state index in [0.717, 1.165) is 0 Å². The lowest BCUT2D eigenvalue weighted by Gasteiger charge is -2.26. The Balaban J connectivity index is 2.49. The average Bonchev–Trinajstić information content (AvgIpc) is 2.13. The molecular formula is C9H18FNO. The molecule has 0 aliphatic carbocycles. The van der Waals surface area contributed by atoms with E-state index in [4.69, 9.17) is 0 Å². The SMILES string of the molecule is CC(C)N1CC(O)CCC(F)C1. The van der Waals surface area contributed by atoms with Gasteiger partial charge in [0.25, 0.3) is 0 Å². The number of likely N-dealkylation sites (tertiary alicyclic amines) is 1. The summed E-state index contributed by atoms with van der Waals surface area (Å²) in [4.78, 5) is 2.00. The van der Waals surface area contributed by atoms with E-state index >= 15 is 0 Å². The summed E-state index contributed by atoms with van der Waals surface area (Å²) in [5.74, 6) is 0. The third-order valence-corrected chi connectivity index (χ3v) is 2.42. The minimum atomic E-state index is -0.760. The van der Waals surface area contributed by atoms with Gasteiger partial charge in [0.1, 0.15) is 6.17 Å². The molecule has 2 unspecified atom stereocenters. The van der Waals surface area contributed by atoms with E-state index in [1.807, 2.05) is 18.7 Å². The van der Waals surface area contributed by atoms with Crippen LogP contribution in [0.4, 0.5) is 4.39 Å². The van der Waals surface area contributed by atoms with Crippen LogP contribution in [0.2, 0.25) is 0 Å². The van der Waals surface area contributed by atoms with Gasteiger partial charge in [0, 0.05) is 19.1 Å². The van der Waals surface area contributed by atoms with E-state index in [0.29, 0.717) is 32.0 Å². The fourth-order valence-electron chi connectivity index (χ4n) is 1.58. The molecule has 0 aromatic carbocycles. The summed E-state index contributed by atoms with van der Waals surface area (Å²) in [5, 5.41) is 9.42. The van der Waals surface area contributed by atoms with Crippen molar-refractivity contribution in [2.45, 2.75) is 45.0 Å². The molecule has 1 aliphatic rings. The summed E-state index contributed by atoms with van der Waals surface area (Å²) in [6, 6.07) is 0.330. The van der Waals surface area contributed by atoms with E-state index in [1.54, 1.807) is 0 Å². The zero-order valence-electron chi connectivity index (χ0n) is 7.83. The molecule has 1 rings (SSSR count). The summed E-state index contributed by atoms with van der Waals surface area (Å²) in [7, 11) is 0. The zero-order valence-corrected chi connectivity index (χ0v) is 7.83. The van der Waals surface area contributed by atoms with Gasteiger partial charge in [-0.15, -0.1) is 0 Å². The molecule has 0 saturated carbocycles. The maximum Gasteiger partial charge on any atom is 0.113 e. The Labute approximate surface area is 73.4 Å². The monoisotopic (exact) mass is 175 g/mol. The van der Waals surface area contributed by atoms with Crippen LogP contribution < -0.4 is 0 Å². The lowest BCUT2D eigenvalue weighted by Crippen LogP contribution is -2.38. The summed E-state index contributed by atoms with van der Waals surface area (Å²) >= 11 is 0. The summed E-state index contributed by atoms with van der Waals surface area (Å²) in [5.41, 5.74) is 0. The highest BCUT2D eigenvalue weighted by Gasteiger charge is 2.23. The van der Waals surface area contributed by atoms with Crippen LogP contribution in [-0.2, 0) is 0 Å². The summed E-state index contributed by atoms with van der Waals surface area (Å²) < 4.78 is 13.1. The molecule has 0 spiro atoms. The molecule has 1 fully saturated rings. The molecule has 3 heteroatoms. The number of aliphatic hydroxyl groups is 1. The van der Waals surface area contributed by atoms with Crippen LogP contribution >= 0.6 is 0 Å². The Hall–Kier alpha value is -0.150. The second-order valence-electron chi connectivity index (χ2n) is 3.88. The molecule has 0 aromatic heterocycles. The summed E-state index contributed by atoms with van der Waals surface area (Å²) in [6.07, 6.45) is 0.00657. The Kier molecular flexibility index (Phi) is 3.47. The molecule has 1 saturated heterocycles. The van der Waals surface area contributed by atoms with Crippen molar-refractivity contribution < 1.29 is 9.50 Å². The van der Waals surface area contributed by atoms with Gasteiger partial charge < -0.3 is 5.11 Å². The number of nitrogens with zero attached hydrogens (tertiary/aromatic N) is 1. The van der Waals surface area contributed by atoms with Crippen molar-refractivity contribution in [2.75, 3.05) is 13.1 Å². The van der Waals surface area contributed by atoms with Gasteiger partial charge >= 0.3 is 0 Å². The minimum absolute atomic E-state index is 0.330. The Bertz CT molecular complexity index is 128. The first-order valence-corrected chi connectivity index (χ1v) is 4.65. The molecule has 0 aromatic rings.